The summed E-state index contributed by atoms with van der Waals surface area (Å²) in [6.45, 7) is 0.977. The van der Waals surface area contributed by atoms with Gasteiger partial charge in [-0.1, -0.05) is 6.42 Å². The number of aromatic nitrogens is 5. The SMILES string of the molecule is FC(F)(F)Cn1ccnc1CN1CCCC[C@@H]1Cn1cncn1. The van der Waals surface area contributed by atoms with Crippen LogP contribution in [0.15, 0.2) is 25.0 Å². The van der Waals surface area contributed by atoms with Crippen molar-refractivity contribution >= 4 is 0 Å². The molecule has 0 unspecified atom stereocenters. The molecular weight excluding hydrogens is 309 g/mol. The van der Waals surface area contributed by atoms with E-state index in [0.717, 1.165) is 25.8 Å². The van der Waals surface area contributed by atoms with E-state index in [2.05, 4.69) is 20.0 Å². The second-order valence-electron chi connectivity index (χ2n) is 5.82. The lowest BCUT2D eigenvalue weighted by atomic mass is 10.0. The van der Waals surface area contributed by atoms with Crippen LogP contribution >= 0.6 is 0 Å². The first-order chi connectivity index (χ1) is 11.0. The smallest absolute Gasteiger partial charge is 0.325 e. The number of alkyl halides is 3. The Kier molecular flexibility index (Phi) is 4.65. The van der Waals surface area contributed by atoms with E-state index in [1.165, 1.54) is 23.3 Å². The predicted molar refractivity (Wildman–Crippen MR) is 76.4 cm³/mol. The van der Waals surface area contributed by atoms with Crippen LogP contribution in [-0.4, -0.2) is 48.0 Å². The number of halogens is 3. The number of rotatable bonds is 5. The van der Waals surface area contributed by atoms with Gasteiger partial charge in [-0.05, 0) is 19.4 Å². The zero-order valence-corrected chi connectivity index (χ0v) is 12.7. The first kappa shape index (κ1) is 16.0. The van der Waals surface area contributed by atoms with E-state index >= 15 is 0 Å². The Labute approximate surface area is 131 Å². The fourth-order valence-corrected chi connectivity index (χ4v) is 3.03. The molecule has 23 heavy (non-hydrogen) atoms. The lowest BCUT2D eigenvalue weighted by Gasteiger charge is -2.35. The Morgan fingerprint density at radius 1 is 1.26 bits per heavy atom. The highest BCUT2D eigenvalue weighted by atomic mass is 19.4. The maximum atomic E-state index is 12.6. The number of hydrogen-bond donors (Lipinski definition) is 0. The first-order valence-corrected chi connectivity index (χ1v) is 7.64. The molecule has 126 valence electrons. The van der Waals surface area contributed by atoms with E-state index in [1.54, 1.807) is 11.0 Å². The largest absolute Gasteiger partial charge is 0.406 e. The van der Waals surface area contributed by atoms with E-state index in [9.17, 15) is 13.2 Å². The van der Waals surface area contributed by atoms with E-state index in [1.807, 2.05) is 0 Å². The molecular formula is C14H19F3N6. The Morgan fingerprint density at radius 2 is 2.13 bits per heavy atom. The zero-order chi connectivity index (χ0) is 16.3. The van der Waals surface area contributed by atoms with Gasteiger partial charge in [0.2, 0.25) is 0 Å². The van der Waals surface area contributed by atoms with Gasteiger partial charge in [-0.15, -0.1) is 0 Å². The van der Waals surface area contributed by atoms with Gasteiger partial charge in [-0.3, -0.25) is 9.58 Å². The molecule has 1 atom stereocenters. The average molecular weight is 328 g/mol. The fourth-order valence-electron chi connectivity index (χ4n) is 3.03. The van der Waals surface area contributed by atoms with Crippen LogP contribution in [0.2, 0.25) is 0 Å². The quantitative estimate of drug-likeness (QED) is 0.843. The van der Waals surface area contributed by atoms with Crippen molar-refractivity contribution in [3.63, 3.8) is 0 Å². The van der Waals surface area contributed by atoms with E-state index in [4.69, 9.17) is 0 Å². The van der Waals surface area contributed by atoms with Gasteiger partial charge in [-0.25, -0.2) is 9.97 Å². The van der Waals surface area contributed by atoms with Crippen LogP contribution in [0.3, 0.4) is 0 Å². The third kappa shape index (κ3) is 4.31. The predicted octanol–water partition coefficient (Wildman–Crippen LogP) is 2.09. The van der Waals surface area contributed by atoms with Gasteiger partial charge in [0.05, 0.1) is 13.1 Å². The molecule has 0 spiro atoms. The molecule has 1 aliphatic heterocycles. The summed E-state index contributed by atoms with van der Waals surface area (Å²) >= 11 is 0. The van der Waals surface area contributed by atoms with Crippen molar-refractivity contribution in [3.05, 3.63) is 30.9 Å². The van der Waals surface area contributed by atoms with Crippen molar-refractivity contribution in [3.8, 4) is 0 Å². The van der Waals surface area contributed by atoms with Gasteiger partial charge in [0, 0.05) is 18.4 Å². The molecule has 0 N–H and O–H groups in total. The summed E-state index contributed by atoms with van der Waals surface area (Å²) in [6.07, 6.45) is 4.90. The van der Waals surface area contributed by atoms with Crippen molar-refractivity contribution in [2.24, 2.45) is 0 Å². The van der Waals surface area contributed by atoms with Gasteiger partial charge in [0.1, 0.15) is 25.0 Å². The molecule has 0 saturated carbocycles. The van der Waals surface area contributed by atoms with E-state index in [0.29, 0.717) is 18.9 Å². The summed E-state index contributed by atoms with van der Waals surface area (Å²) in [5, 5.41) is 4.12. The molecule has 3 heterocycles. The number of nitrogens with zero attached hydrogens (tertiary/aromatic N) is 6. The molecule has 0 bridgehead atoms. The lowest BCUT2D eigenvalue weighted by molar-refractivity contribution is -0.141. The molecule has 3 rings (SSSR count). The molecule has 1 aliphatic rings. The van der Waals surface area contributed by atoms with Crippen molar-refractivity contribution in [1.82, 2.24) is 29.2 Å². The number of hydrogen-bond acceptors (Lipinski definition) is 4. The van der Waals surface area contributed by atoms with Gasteiger partial charge >= 0.3 is 6.18 Å². The normalized spacial score (nSPS) is 20.0. The standard InChI is InChI=1S/C14H19F3N6/c15-14(16,17)9-22-6-4-19-13(22)8-21-5-2-1-3-12(21)7-23-11-18-10-20-23/h4,6,10-12H,1-3,5,7-9H2/t12-/m1/s1. The molecule has 0 amide bonds. The van der Waals surface area contributed by atoms with Crippen LogP contribution in [0.4, 0.5) is 13.2 Å². The van der Waals surface area contributed by atoms with Crippen molar-refractivity contribution < 1.29 is 13.2 Å². The minimum atomic E-state index is -4.24. The van der Waals surface area contributed by atoms with Gasteiger partial charge < -0.3 is 4.57 Å². The third-order valence-electron chi connectivity index (χ3n) is 4.11. The molecule has 0 radical (unpaired) electrons. The summed E-state index contributed by atoms with van der Waals surface area (Å²) in [7, 11) is 0. The fraction of sp³-hybridized carbons (Fsp3) is 0.643. The second-order valence-corrected chi connectivity index (χ2v) is 5.82. The molecule has 1 saturated heterocycles. The van der Waals surface area contributed by atoms with Crippen molar-refractivity contribution in [2.45, 2.75) is 51.1 Å². The van der Waals surface area contributed by atoms with Crippen LogP contribution in [0.25, 0.3) is 0 Å². The lowest BCUT2D eigenvalue weighted by Crippen LogP contribution is -2.42. The van der Waals surface area contributed by atoms with Crippen molar-refractivity contribution in [1.29, 1.82) is 0 Å². The highest BCUT2D eigenvalue weighted by Gasteiger charge is 2.30. The van der Waals surface area contributed by atoms with Gasteiger partial charge in [-0.2, -0.15) is 18.3 Å². The molecule has 6 nitrogen and oxygen atoms in total. The topological polar surface area (TPSA) is 51.8 Å². The van der Waals surface area contributed by atoms with Gasteiger partial charge in [0.25, 0.3) is 0 Å². The highest BCUT2D eigenvalue weighted by Crippen LogP contribution is 2.22. The molecule has 2 aromatic rings. The Bertz CT molecular complexity index is 606. The number of likely N-dealkylation sites (tertiary alicyclic amines) is 1. The second kappa shape index (κ2) is 6.69. The summed E-state index contributed by atoms with van der Waals surface area (Å²) in [5.41, 5.74) is 0. The van der Waals surface area contributed by atoms with Gasteiger partial charge in [0.15, 0.2) is 0 Å². The van der Waals surface area contributed by atoms with Crippen LogP contribution in [0.5, 0.6) is 0 Å². The van der Waals surface area contributed by atoms with E-state index < -0.39 is 12.7 Å². The molecule has 2 aromatic heterocycles. The zero-order valence-electron chi connectivity index (χ0n) is 12.7. The molecule has 0 aliphatic carbocycles. The number of imidazole rings is 1. The van der Waals surface area contributed by atoms with Crippen molar-refractivity contribution in [2.75, 3.05) is 6.54 Å². The minimum absolute atomic E-state index is 0.237. The first-order valence-electron chi connectivity index (χ1n) is 7.64. The average Bonchev–Trinajstić information content (AvgIpc) is 3.12. The Morgan fingerprint density at radius 3 is 2.87 bits per heavy atom. The maximum Gasteiger partial charge on any atom is 0.406 e. The van der Waals surface area contributed by atoms with E-state index in [-0.39, 0.29) is 6.04 Å². The summed E-state index contributed by atoms with van der Waals surface area (Å²) in [6, 6.07) is 0.237. The summed E-state index contributed by atoms with van der Waals surface area (Å²) in [4.78, 5) is 10.2. The Balaban J connectivity index is 1.68. The highest BCUT2D eigenvalue weighted by molar-refractivity contribution is 4.94. The molecule has 0 aromatic carbocycles. The number of piperidine rings is 1. The van der Waals surface area contributed by atoms with Crippen LogP contribution < -0.4 is 0 Å². The monoisotopic (exact) mass is 328 g/mol. The summed E-state index contributed by atoms with van der Waals surface area (Å²) < 4.78 is 40.8. The third-order valence-corrected chi connectivity index (χ3v) is 4.11. The van der Waals surface area contributed by atoms with Crippen LogP contribution in [0, 0.1) is 0 Å². The minimum Gasteiger partial charge on any atom is -0.325 e. The Hall–Kier alpha value is -1.90. The maximum absolute atomic E-state index is 12.6. The van der Waals surface area contributed by atoms with Crippen LogP contribution in [0.1, 0.15) is 25.1 Å². The molecule has 1 fully saturated rings. The molecule has 9 heteroatoms. The summed E-state index contributed by atoms with van der Waals surface area (Å²) in [5.74, 6) is 0.452. The van der Waals surface area contributed by atoms with Crippen LogP contribution in [-0.2, 0) is 19.6 Å².